The molecule has 2 N–H and O–H groups in total. The molecule has 0 amide bonds. The van der Waals surface area contributed by atoms with Crippen LogP contribution in [0.3, 0.4) is 0 Å². The van der Waals surface area contributed by atoms with Gasteiger partial charge >= 0.3 is 29.6 Å². The van der Waals surface area contributed by atoms with Crippen molar-refractivity contribution in [2.75, 3.05) is 7.05 Å². The molecule has 0 saturated heterocycles. The molecule has 0 aliphatic carbocycles. The van der Waals surface area contributed by atoms with Crippen LogP contribution >= 0.6 is 0 Å². The first kappa shape index (κ1) is 8.87. The molecule has 4 heavy (non-hydrogen) atoms. The molecular weight excluding hydrogens is 65.0 g/mol. The molecule has 0 aromatic heterocycles. The van der Waals surface area contributed by atoms with E-state index in [2.05, 4.69) is 0 Å². The summed E-state index contributed by atoms with van der Waals surface area (Å²) in [4.78, 5) is 0. The van der Waals surface area contributed by atoms with Crippen molar-refractivity contribution in [2.45, 2.75) is 0 Å². The van der Waals surface area contributed by atoms with Crippen LogP contribution in [0.4, 0.5) is 0 Å². The molecule has 0 bridgehead atoms. The van der Waals surface area contributed by atoms with Crippen molar-refractivity contribution in [1.29, 1.82) is 0 Å². The molecule has 0 aromatic rings. The molecule has 2 nitrogen and oxygen atoms in total. The Labute approximate surface area is 48.9 Å². The number of hydrogen-bond acceptors (Lipinski definition) is 2. The van der Waals surface area contributed by atoms with Crippen molar-refractivity contribution in [1.82, 2.24) is 5.48 Å². The monoisotopic (exact) mass is 71.0 g/mol. The average Bonchev–Trinajstić information content (AvgIpc) is 0.918. The maximum absolute atomic E-state index is 7.32. The van der Waals surface area contributed by atoms with E-state index in [0.29, 0.717) is 0 Å². The van der Waals surface area contributed by atoms with Gasteiger partial charge in [-0.15, -0.1) is 0 Å². The molecule has 3 heteroatoms. The van der Waals surface area contributed by atoms with E-state index >= 15 is 0 Å². The minimum absolute atomic E-state index is 0. The van der Waals surface area contributed by atoms with Gasteiger partial charge in [-0.1, -0.05) is 0 Å². The Morgan fingerprint density at radius 3 is 2.00 bits per heavy atom. The van der Waals surface area contributed by atoms with E-state index in [1.54, 1.807) is 5.48 Å². The Kier molecular flexibility index (Phi) is 20.1. The van der Waals surface area contributed by atoms with Crippen molar-refractivity contribution < 1.29 is 36.2 Å². The van der Waals surface area contributed by atoms with E-state index < -0.39 is 0 Å². The van der Waals surface area contributed by atoms with Gasteiger partial charge in [0.15, 0.2) is 0 Å². The molecular formula is CH6NNaO. The van der Waals surface area contributed by atoms with E-state index in [4.69, 9.17) is 5.21 Å². The van der Waals surface area contributed by atoms with Gasteiger partial charge in [0, 0.05) is 7.05 Å². The third-order valence-electron chi connectivity index (χ3n) is 0. The molecule has 0 saturated carbocycles. The topological polar surface area (TPSA) is 32.3 Å². The van der Waals surface area contributed by atoms with Crippen LogP contribution < -0.4 is 35.0 Å². The first-order valence-electron chi connectivity index (χ1n) is 0.724. The number of hydrogen-bond donors (Lipinski definition) is 2. The van der Waals surface area contributed by atoms with Crippen LogP contribution in [0.15, 0.2) is 0 Å². The number of hydroxylamine groups is 1. The Balaban J connectivity index is -0.0000000200. The van der Waals surface area contributed by atoms with E-state index in [9.17, 15) is 0 Å². The predicted octanol–water partition coefficient (Wildman–Crippen LogP) is -3.29. The van der Waals surface area contributed by atoms with E-state index in [1.807, 2.05) is 0 Å². The third kappa shape index (κ3) is 12.7. The molecule has 0 fully saturated rings. The van der Waals surface area contributed by atoms with Crippen molar-refractivity contribution >= 4 is 0 Å². The minimum Gasteiger partial charge on any atom is -1.00 e. The quantitative estimate of drug-likeness (QED) is 0.232. The van der Waals surface area contributed by atoms with Gasteiger partial charge in [0.05, 0.1) is 0 Å². The third-order valence-corrected chi connectivity index (χ3v) is 0. The standard InChI is InChI=1S/CH5NO.Na.H/c1-2-3;;/h2-3H,1H3;;/q;+1;-1. The van der Waals surface area contributed by atoms with Crippen LogP contribution in [0.2, 0.25) is 0 Å². The second kappa shape index (κ2) is 9.07. The van der Waals surface area contributed by atoms with Crippen LogP contribution in [0.1, 0.15) is 1.43 Å². The molecule has 0 aliphatic rings. The fourth-order valence-electron chi connectivity index (χ4n) is 0. The zero-order valence-electron chi connectivity index (χ0n) is 3.95. The zero-order chi connectivity index (χ0) is 2.71. The van der Waals surface area contributed by atoms with E-state index in [-0.39, 0.29) is 31.0 Å². The largest absolute Gasteiger partial charge is 1.00 e. The molecule has 0 unspecified atom stereocenters. The van der Waals surface area contributed by atoms with E-state index in [0.717, 1.165) is 0 Å². The SMILES string of the molecule is CNO.[H-].[Na+]. The molecule has 22 valence electrons. The normalized spacial score (nSPS) is 4.50. The van der Waals surface area contributed by atoms with Crippen molar-refractivity contribution in [2.24, 2.45) is 0 Å². The van der Waals surface area contributed by atoms with Gasteiger partial charge in [-0.05, 0) is 0 Å². The van der Waals surface area contributed by atoms with Gasteiger partial charge < -0.3 is 6.63 Å². The smallest absolute Gasteiger partial charge is 1.00 e. The first-order chi connectivity index (χ1) is 1.41. The van der Waals surface area contributed by atoms with Crippen molar-refractivity contribution in [3.63, 3.8) is 0 Å². The van der Waals surface area contributed by atoms with E-state index in [1.165, 1.54) is 7.05 Å². The minimum atomic E-state index is 0. The zero-order valence-corrected chi connectivity index (χ0v) is 4.95. The second-order valence-electron chi connectivity index (χ2n) is 0.224. The molecule has 0 spiro atoms. The summed E-state index contributed by atoms with van der Waals surface area (Å²) in [7, 11) is 1.43. The van der Waals surface area contributed by atoms with Crippen LogP contribution in [0.25, 0.3) is 0 Å². The molecule has 0 heterocycles. The molecule has 0 atom stereocenters. The Bertz CT molecular complexity index is 11.6. The summed E-state index contributed by atoms with van der Waals surface area (Å²) in [5.74, 6) is 0. The molecule has 0 radical (unpaired) electrons. The maximum Gasteiger partial charge on any atom is 1.00 e. The summed E-state index contributed by atoms with van der Waals surface area (Å²) in [6.45, 7) is 0. The van der Waals surface area contributed by atoms with Crippen molar-refractivity contribution in [3.8, 4) is 0 Å². The van der Waals surface area contributed by atoms with Crippen LogP contribution in [-0.2, 0) is 0 Å². The summed E-state index contributed by atoms with van der Waals surface area (Å²) in [6.07, 6.45) is 0. The summed E-state index contributed by atoms with van der Waals surface area (Å²) in [5.41, 5.74) is 1.75. The number of rotatable bonds is 0. The predicted molar refractivity (Wildman–Crippen MR) is 12.0 cm³/mol. The van der Waals surface area contributed by atoms with Gasteiger partial charge in [0.1, 0.15) is 0 Å². The van der Waals surface area contributed by atoms with Crippen molar-refractivity contribution in [3.05, 3.63) is 0 Å². The molecule has 0 aliphatic heterocycles. The molecule has 0 rings (SSSR count). The van der Waals surface area contributed by atoms with Gasteiger partial charge in [-0.25, -0.2) is 5.48 Å². The fourth-order valence-corrected chi connectivity index (χ4v) is 0. The summed E-state index contributed by atoms with van der Waals surface area (Å²) < 4.78 is 0. The maximum atomic E-state index is 7.32. The van der Waals surface area contributed by atoms with Crippen LogP contribution in [-0.4, -0.2) is 12.3 Å². The van der Waals surface area contributed by atoms with Gasteiger partial charge in [0.2, 0.25) is 0 Å². The second-order valence-corrected chi connectivity index (χ2v) is 0.224. The Morgan fingerprint density at radius 2 is 2.00 bits per heavy atom. The Hall–Kier alpha value is 0.920. The summed E-state index contributed by atoms with van der Waals surface area (Å²) in [6, 6.07) is 0. The first-order valence-corrected chi connectivity index (χ1v) is 0.724. The molecule has 0 aromatic carbocycles. The van der Waals surface area contributed by atoms with Crippen LogP contribution in [0.5, 0.6) is 0 Å². The van der Waals surface area contributed by atoms with Crippen LogP contribution in [0, 0.1) is 0 Å². The fraction of sp³-hybridized carbons (Fsp3) is 1.00. The van der Waals surface area contributed by atoms with Gasteiger partial charge in [0.25, 0.3) is 0 Å². The average molecular weight is 71.1 g/mol. The summed E-state index contributed by atoms with van der Waals surface area (Å²) >= 11 is 0. The number of nitrogens with one attached hydrogen (secondary N) is 1. The Morgan fingerprint density at radius 1 is 2.00 bits per heavy atom. The van der Waals surface area contributed by atoms with Gasteiger partial charge in [-0.2, -0.15) is 0 Å². The summed E-state index contributed by atoms with van der Waals surface area (Å²) in [5, 5.41) is 7.32. The van der Waals surface area contributed by atoms with Gasteiger partial charge in [-0.3, -0.25) is 0 Å².